The first-order chi connectivity index (χ1) is 8.21. The van der Waals surface area contributed by atoms with Crippen LogP contribution in [0.15, 0.2) is 0 Å². The Balaban J connectivity index is 2.37. The summed E-state index contributed by atoms with van der Waals surface area (Å²) in [6, 6.07) is 1.41. The molecule has 3 heteroatoms. The van der Waals surface area contributed by atoms with Crippen molar-refractivity contribution in [1.29, 1.82) is 0 Å². The quantitative estimate of drug-likeness (QED) is 0.733. The van der Waals surface area contributed by atoms with E-state index in [2.05, 4.69) is 42.8 Å². The summed E-state index contributed by atoms with van der Waals surface area (Å²) in [7, 11) is 0. The van der Waals surface area contributed by atoms with E-state index in [0.29, 0.717) is 12.1 Å². The third-order valence-electron chi connectivity index (χ3n) is 3.99. The lowest BCUT2D eigenvalue weighted by molar-refractivity contribution is 0.115. The molecule has 3 nitrogen and oxygen atoms in total. The van der Waals surface area contributed by atoms with E-state index in [1.807, 2.05) is 0 Å². The highest BCUT2D eigenvalue weighted by atomic mass is 15.2. The SMILES string of the molecule is CCNC1CCCN(C(C)CN(CC)CC)C1. The van der Waals surface area contributed by atoms with Crippen LogP contribution in [0, 0.1) is 0 Å². The van der Waals surface area contributed by atoms with Gasteiger partial charge in [0, 0.05) is 25.2 Å². The predicted molar refractivity (Wildman–Crippen MR) is 75.5 cm³/mol. The maximum absolute atomic E-state index is 3.60. The largest absolute Gasteiger partial charge is 0.313 e. The first-order valence-corrected chi connectivity index (χ1v) is 7.40. The van der Waals surface area contributed by atoms with Crippen LogP contribution >= 0.6 is 0 Å². The van der Waals surface area contributed by atoms with Crippen molar-refractivity contribution in [2.45, 2.75) is 52.6 Å². The minimum atomic E-state index is 0.691. The van der Waals surface area contributed by atoms with E-state index in [4.69, 9.17) is 0 Å². The van der Waals surface area contributed by atoms with Gasteiger partial charge in [0.25, 0.3) is 0 Å². The Labute approximate surface area is 108 Å². The summed E-state index contributed by atoms with van der Waals surface area (Å²) in [6.07, 6.45) is 2.70. The standard InChI is InChI=1S/C14H31N3/c1-5-15-14-9-8-10-17(12-14)13(4)11-16(6-2)7-3/h13-15H,5-12H2,1-4H3. The Kier molecular flexibility index (Phi) is 7.09. The number of piperidine rings is 1. The lowest BCUT2D eigenvalue weighted by atomic mass is 10.0. The van der Waals surface area contributed by atoms with Crippen LogP contribution in [0.2, 0.25) is 0 Å². The van der Waals surface area contributed by atoms with E-state index >= 15 is 0 Å². The molecule has 1 fully saturated rings. The lowest BCUT2D eigenvalue weighted by Crippen LogP contribution is -2.51. The van der Waals surface area contributed by atoms with Gasteiger partial charge < -0.3 is 10.2 Å². The number of likely N-dealkylation sites (N-methyl/N-ethyl adjacent to an activating group) is 2. The molecule has 1 rings (SSSR count). The van der Waals surface area contributed by atoms with Crippen LogP contribution in [0.3, 0.4) is 0 Å². The second kappa shape index (κ2) is 8.06. The number of likely N-dealkylation sites (tertiary alicyclic amines) is 1. The van der Waals surface area contributed by atoms with Crippen molar-refractivity contribution in [1.82, 2.24) is 15.1 Å². The van der Waals surface area contributed by atoms with Gasteiger partial charge in [0.1, 0.15) is 0 Å². The Morgan fingerprint density at radius 3 is 2.59 bits per heavy atom. The van der Waals surface area contributed by atoms with E-state index in [0.717, 1.165) is 6.54 Å². The highest BCUT2D eigenvalue weighted by molar-refractivity contribution is 4.82. The molecule has 0 spiro atoms. The normalized spacial score (nSPS) is 24.2. The molecule has 2 unspecified atom stereocenters. The van der Waals surface area contributed by atoms with E-state index in [1.54, 1.807) is 0 Å². The fourth-order valence-corrected chi connectivity index (χ4v) is 2.83. The van der Waals surface area contributed by atoms with Crippen molar-refractivity contribution >= 4 is 0 Å². The Morgan fingerprint density at radius 1 is 1.29 bits per heavy atom. The zero-order valence-corrected chi connectivity index (χ0v) is 12.2. The summed E-state index contributed by atoms with van der Waals surface area (Å²) >= 11 is 0. The van der Waals surface area contributed by atoms with Crippen molar-refractivity contribution in [3.63, 3.8) is 0 Å². The number of nitrogens with one attached hydrogen (secondary N) is 1. The van der Waals surface area contributed by atoms with Crippen molar-refractivity contribution in [3.8, 4) is 0 Å². The molecule has 0 bridgehead atoms. The first-order valence-electron chi connectivity index (χ1n) is 7.40. The average Bonchev–Trinajstić information content (AvgIpc) is 2.36. The zero-order valence-electron chi connectivity index (χ0n) is 12.2. The highest BCUT2D eigenvalue weighted by Crippen LogP contribution is 2.13. The third kappa shape index (κ3) is 4.94. The van der Waals surface area contributed by atoms with E-state index < -0.39 is 0 Å². The molecular formula is C14H31N3. The van der Waals surface area contributed by atoms with Gasteiger partial charge in [-0.3, -0.25) is 4.90 Å². The number of nitrogens with zero attached hydrogens (tertiary/aromatic N) is 2. The van der Waals surface area contributed by atoms with E-state index in [-0.39, 0.29) is 0 Å². The molecule has 2 atom stereocenters. The van der Waals surface area contributed by atoms with Gasteiger partial charge >= 0.3 is 0 Å². The van der Waals surface area contributed by atoms with Crippen molar-refractivity contribution in [2.24, 2.45) is 0 Å². The van der Waals surface area contributed by atoms with Crippen LogP contribution in [0.25, 0.3) is 0 Å². The van der Waals surface area contributed by atoms with Crippen LogP contribution < -0.4 is 5.32 Å². The van der Waals surface area contributed by atoms with Crippen molar-refractivity contribution in [3.05, 3.63) is 0 Å². The van der Waals surface area contributed by atoms with Gasteiger partial charge in [-0.25, -0.2) is 0 Å². The summed E-state index contributed by atoms with van der Waals surface area (Å²) in [6.45, 7) is 16.3. The molecule has 1 aliphatic rings. The maximum Gasteiger partial charge on any atom is 0.0195 e. The van der Waals surface area contributed by atoms with Crippen molar-refractivity contribution < 1.29 is 0 Å². The van der Waals surface area contributed by atoms with Gasteiger partial charge in [0.2, 0.25) is 0 Å². The molecular weight excluding hydrogens is 210 g/mol. The summed E-state index contributed by atoms with van der Waals surface area (Å²) < 4.78 is 0. The molecule has 0 aromatic carbocycles. The smallest absolute Gasteiger partial charge is 0.0195 e. The van der Waals surface area contributed by atoms with E-state index in [9.17, 15) is 0 Å². The fourth-order valence-electron chi connectivity index (χ4n) is 2.83. The van der Waals surface area contributed by atoms with Gasteiger partial charge in [0.15, 0.2) is 0 Å². The third-order valence-corrected chi connectivity index (χ3v) is 3.99. The summed E-state index contributed by atoms with van der Waals surface area (Å²) in [5.74, 6) is 0. The van der Waals surface area contributed by atoms with Gasteiger partial charge in [-0.1, -0.05) is 20.8 Å². The number of hydrogen-bond donors (Lipinski definition) is 1. The zero-order chi connectivity index (χ0) is 12.7. The summed E-state index contributed by atoms with van der Waals surface area (Å²) in [4.78, 5) is 5.19. The number of hydrogen-bond acceptors (Lipinski definition) is 3. The first kappa shape index (κ1) is 14.9. The van der Waals surface area contributed by atoms with Crippen LogP contribution in [-0.2, 0) is 0 Å². The molecule has 102 valence electrons. The topological polar surface area (TPSA) is 18.5 Å². The monoisotopic (exact) mass is 241 g/mol. The molecule has 1 heterocycles. The minimum absolute atomic E-state index is 0.691. The molecule has 1 aliphatic heterocycles. The average molecular weight is 241 g/mol. The Hall–Kier alpha value is -0.120. The fraction of sp³-hybridized carbons (Fsp3) is 1.00. The second-order valence-electron chi connectivity index (χ2n) is 5.23. The maximum atomic E-state index is 3.60. The molecule has 0 radical (unpaired) electrons. The summed E-state index contributed by atoms with van der Waals surface area (Å²) in [5.41, 5.74) is 0. The molecule has 1 saturated heterocycles. The van der Waals surface area contributed by atoms with Crippen LogP contribution in [0.5, 0.6) is 0 Å². The second-order valence-corrected chi connectivity index (χ2v) is 5.23. The van der Waals surface area contributed by atoms with Crippen LogP contribution in [-0.4, -0.2) is 61.2 Å². The van der Waals surface area contributed by atoms with Gasteiger partial charge in [0.05, 0.1) is 0 Å². The molecule has 0 aromatic rings. The van der Waals surface area contributed by atoms with Gasteiger partial charge in [-0.15, -0.1) is 0 Å². The summed E-state index contributed by atoms with van der Waals surface area (Å²) in [5, 5.41) is 3.60. The van der Waals surface area contributed by atoms with Crippen molar-refractivity contribution in [2.75, 3.05) is 39.3 Å². The minimum Gasteiger partial charge on any atom is -0.313 e. The molecule has 0 aromatic heterocycles. The molecule has 1 N–H and O–H groups in total. The van der Waals surface area contributed by atoms with Crippen LogP contribution in [0.1, 0.15) is 40.5 Å². The lowest BCUT2D eigenvalue weighted by Gasteiger charge is -2.38. The number of rotatable bonds is 7. The van der Waals surface area contributed by atoms with Gasteiger partial charge in [-0.2, -0.15) is 0 Å². The highest BCUT2D eigenvalue weighted by Gasteiger charge is 2.23. The predicted octanol–water partition coefficient (Wildman–Crippen LogP) is 1.79. The Morgan fingerprint density at radius 2 is 2.00 bits per heavy atom. The molecule has 17 heavy (non-hydrogen) atoms. The molecule has 0 aliphatic carbocycles. The molecule has 0 amide bonds. The van der Waals surface area contributed by atoms with E-state index in [1.165, 1.54) is 45.6 Å². The molecule has 0 saturated carbocycles. The van der Waals surface area contributed by atoms with Crippen LogP contribution in [0.4, 0.5) is 0 Å². The Bertz CT molecular complexity index is 190. The van der Waals surface area contributed by atoms with Gasteiger partial charge in [-0.05, 0) is 45.9 Å².